The van der Waals surface area contributed by atoms with Gasteiger partial charge < -0.3 is 9.74 Å². The van der Waals surface area contributed by atoms with E-state index in [0.29, 0.717) is 19.5 Å². The highest BCUT2D eigenvalue weighted by Crippen LogP contribution is 2.29. The molecule has 140 valence electrons. The number of benzene rings is 2. The van der Waals surface area contributed by atoms with Crippen LogP contribution in [0.25, 0.3) is 0 Å². The summed E-state index contributed by atoms with van der Waals surface area (Å²) in [6.45, 7) is 0.860. The van der Waals surface area contributed by atoms with Crippen molar-refractivity contribution in [1.29, 1.82) is 0 Å². The topological polar surface area (TPSA) is 41.9 Å². The summed E-state index contributed by atoms with van der Waals surface area (Å²) in [4.78, 5) is 20.3. The molecule has 0 bridgehead atoms. The van der Waals surface area contributed by atoms with Gasteiger partial charge in [0.05, 0.1) is 12.3 Å². The van der Waals surface area contributed by atoms with Crippen LogP contribution in [0, 0.1) is 11.7 Å². The van der Waals surface area contributed by atoms with Crippen molar-refractivity contribution in [3.05, 3.63) is 71.5 Å². The molecule has 1 fully saturated rings. The van der Waals surface area contributed by atoms with Crippen molar-refractivity contribution >= 4 is 11.6 Å². The Kier molecular flexibility index (Phi) is 5.19. The lowest BCUT2D eigenvalue weighted by molar-refractivity contribution is -0.140. The standard InChI is InChI=1S/C22H23FN2O2/c23-19-11-4-6-16(12-19)14-25(22(26)18-9-5-10-18)15-20-13-21(24-27-20)17-7-2-1-3-8-17/h1-4,6-8,11-12,18,20H,5,9-10,13-15H2/t20-/m1/s1. The molecule has 0 spiro atoms. The third-order valence-corrected chi connectivity index (χ3v) is 5.29. The van der Waals surface area contributed by atoms with Gasteiger partial charge >= 0.3 is 0 Å². The summed E-state index contributed by atoms with van der Waals surface area (Å²) in [7, 11) is 0. The number of oxime groups is 1. The van der Waals surface area contributed by atoms with Gasteiger partial charge in [0.2, 0.25) is 5.91 Å². The highest BCUT2D eigenvalue weighted by Gasteiger charge is 2.32. The second kappa shape index (κ2) is 7.91. The van der Waals surface area contributed by atoms with E-state index in [1.54, 1.807) is 6.07 Å². The molecule has 4 nitrogen and oxygen atoms in total. The van der Waals surface area contributed by atoms with E-state index < -0.39 is 0 Å². The molecule has 1 aliphatic heterocycles. The molecule has 0 radical (unpaired) electrons. The van der Waals surface area contributed by atoms with Crippen LogP contribution < -0.4 is 0 Å². The van der Waals surface area contributed by atoms with Crippen LogP contribution in [0.3, 0.4) is 0 Å². The molecule has 0 unspecified atom stereocenters. The molecule has 1 heterocycles. The van der Waals surface area contributed by atoms with E-state index in [4.69, 9.17) is 4.84 Å². The van der Waals surface area contributed by atoms with Crippen LogP contribution in [0.2, 0.25) is 0 Å². The zero-order valence-corrected chi connectivity index (χ0v) is 15.2. The Morgan fingerprint density at radius 1 is 1.15 bits per heavy atom. The molecule has 2 aliphatic rings. The first kappa shape index (κ1) is 17.7. The Labute approximate surface area is 158 Å². The maximum atomic E-state index is 13.6. The van der Waals surface area contributed by atoms with Gasteiger partial charge in [0, 0.05) is 18.9 Å². The molecule has 2 aromatic carbocycles. The summed E-state index contributed by atoms with van der Waals surface area (Å²) in [5.41, 5.74) is 2.74. The van der Waals surface area contributed by atoms with Gasteiger partial charge in [-0.3, -0.25) is 4.79 Å². The molecule has 2 aromatic rings. The Hall–Kier alpha value is -2.69. The number of rotatable bonds is 6. The minimum absolute atomic E-state index is 0.0921. The second-order valence-corrected chi connectivity index (χ2v) is 7.31. The number of amides is 1. The minimum Gasteiger partial charge on any atom is -0.390 e. The van der Waals surface area contributed by atoms with E-state index in [2.05, 4.69) is 5.16 Å². The number of carbonyl (C=O) groups is 1. The average Bonchev–Trinajstić information content (AvgIpc) is 3.09. The highest BCUT2D eigenvalue weighted by molar-refractivity contribution is 6.01. The number of hydrogen-bond acceptors (Lipinski definition) is 3. The first-order chi connectivity index (χ1) is 13.2. The SMILES string of the molecule is O=C(C1CCC1)N(Cc1cccc(F)c1)C[C@H]1CC(c2ccccc2)=NO1. The van der Waals surface area contributed by atoms with E-state index in [1.165, 1.54) is 12.1 Å². The Morgan fingerprint density at radius 2 is 1.96 bits per heavy atom. The van der Waals surface area contributed by atoms with Gasteiger partial charge in [0.15, 0.2) is 6.10 Å². The molecule has 1 saturated carbocycles. The highest BCUT2D eigenvalue weighted by atomic mass is 19.1. The third kappa shape index (κ3) is 4.18. The van der Waals surface area contributed by atoms with Crippen molar-refractivity contribution < 1.29 is 14.0 Å². The molecule has 0 aromatic heterocycles. The van der Waals surface area contributed by atoms with Gasteiger partial charge in [-0.15, -0.1) is 0 Å². The maximum absolute atomic E-state index is 13.6. The fraction of sp³-hybridized carbons (Fsp3) is 0.364. The predicted octanol–water partition coefficient (Wildman–Crippen LogP) is 4.15. The largest absolute Gasteiger partial charge is 0.390 e. The van der Waals surface area contributed by atoms with Gasteiger partial charge in [-0.1, -0.05) is 54.0 Å². The summed E-state index contributed by atoms with van der Waals surface area (Å²) in [5.74, 6) is -0.0490. The quantitative estimate of drug-likeness (QED) is 0.771. The number of halogens is 1. The number of carbonyl (C=O) groups excluding carboxylic acids is 1. The summed E-state index contributed by atoms with van der Waals surface area (Å²) in [6, 6.07) is 16.4. The van der Waals surface area contributed by atoms with Crippen LogP contribution in [0.5, 0.6) is 0 Å². The zero-order valence-electron chi connectivity index (χ0n) is 15.2. The van der Waals surface area contributed by atoms with Crippen molar-refractivity contribution in [3.8, 4) is 0 Å². The summed E-state index contributed by atoms with van der Waals surface area (Å²) in [6.07, 6.45) is 3.48. The molecule has 1 amide bonds. The van der Waals surface area contributed by atoms with Crippen LogP contribution in [0.1, 0.15) is 36.8 Å². The zero-order chi connectivity index (χ0) is 18.6. The smallest absolute Gasteiger partial charge is 0.226 e. The minimum atomic E-state index is -0.282. The Morgan fingerprint density at radius 3 is 2.67 bits per heavy atom. The van der Waals surface area contributed by atoms with Crippen LogP contribution in [0.4, 0.5) is 4.39 Å². The lowest BCUT2D eigenvalue weighted by Gasteiger charge is -2.32. The second-order valence-electron chi connectivity index (χ2n) is 7.31. The van der Waals surface area contributed by atoms with E-state index in [9.17, 15) is 9.18 Å². The third-order valence-electron chi connectivity index (χ3n) is 5.29. The van der Waals surface area contributed by atoms with Gasteiger partial charge in [-0.2, -0.15) is 0 Å². The molecule has 5 heteroatoms. The van der Waals surface area contributed by atoms with Crippen LogP contribution >= 0.6 is 0 Å². The molecular formula is C22H23FN2O2. The van der Waals surface area contributed by atoms with Crippen molar-refractivity contribution in [2.75, 3.05) is 6.54 Å². The fourth-order valence-corrected chi connectivity index (χ4v) is 3.57. The number of nitrogens with zero attached hydrogens (tertiary/aromatic N) is 2. The predicted molar refractivity (Wildman–Crippen MR) is 102 cm³/mol. The first-order valence-corrected chi connectivity index (χ1v) is 9.50. The molecule has 4 rings (SSSR count). The van der Waals surface area contributed by atoms with Gasteiger partial charge in [0.1, 0.15) is 5.82 Å². The van der Waals surface area contributed by atoms with Gasteiger partial charge in [-0.25, -0.2) is 4.39 Å². The average molecular weight is 366 g/mol. The van der Waals surface area contributed by atoms with Gasteiger partial charge in [-0.05, 0) is 36.1 Å². The van der Waals surface area contributed by atoms with Crippen LogP contribution in [-0.4, -0.2) is 29.2 Å². The number of hydrogen-bond donors (Lipinski definition) is 0. The normalized spacial score (nSPS) is 19.1. The van der Waals surface area contributed by atoms with Crippen molar-refractivity contribution in [1.82, 2.24) is 4.90 Å². The summed E-state index contributed by atoms with van der Waals surface area (Å²) >= 11 is 0. The molecule has 1 atom stereocenters. The van der Waals surface area contributed by atoms with Crippen LogP contribution in [0.15, 0.2) is 59.8 Å². The Balaban J connectivity index is 1.44. The Bertz CT molecular complexity index is 833. The lowest BCUT2D eigenvalue weighted by Crippen LogP contribution is -2.42. The summed E-state index contributed by atoms with van der Waals surface area (Å²) in [5, 5.41) is 4.22. The molecule has 0 saturated heterocycles. The molecule has 1 aliphatic carbocycles. The summed E-state index contributed by atoms with van der Waals surface area (Å²) < 4.78 is 13.6. The molecular weight excluding hydrogens is 343 g/mol. The lowest BCUT2D eigenvalue weighted by atomic mass is 9.84. The van der Waals surface area contributed by atoms with E-state index in [-0.39, 0.29) is 23.7 Å². The van der Waals surface area contributed by atoms with E-state index in [1.807, 2.05) is 41.3 Å². The molecule has 27 heavy (non-hydrogen) atoms. The van der Waals surface area contributed by atoms with Crippen molar-refractivity contribution in [2.24, 2.45) is 11.1 Å². The fourth-order valence-electron chi connectivity index (χ4n) is 3.57. The van der Waals surface area contributed by atoms with E-state index in [0.717, 1.165) is 36.1 Å². The van der Waals surface area contributed by atoms with Crippen molar-refractivity contribution in [3.63, 3.8) is 0 Å². The van der Waals surface area contributed by atoms with E-state index >= 15 is 0 Å². The first-order valence-electron chi connectivity index (χ1n) is 9.50. The van der Waals surface area contributed by atoms with Gasteiger partial charge in [0.25, 0.3) is 0 Å². The maximum Gasteiger partial charge on any atom is 0.226 e. The van der Waals surface area contributed by atoms with Crippen LogP contribution in [-0.2, 0) is 16.2 Å². The molecule has 0 N–H and O–H groups in total. The van der Waals surface area contributed by atoms with Crippen molar-refractivity contribution in [2.45, 2.75) is 38.3 Å². The monoisotopic (exact) mass is 366 g/mol.